The number of rotatable bonds is 4. The lowest BCUT2D eigenvalue weighted by molar-refractivity contribution is 0.385. The molecule has 0 amide bonds. The van der Waals surface area contributed by atoms with Crippen LogP contribution >= 0.6 is 11.3 Å². The highest BCUT2D eigenvalue weighted by atomic mass is 32.2. The van der Waals surface area contributed by atoms with Crippen LogP contribution in [0.4, 0.5) is 5.69 Å². The summed E-state index contributed by atoms with van der Waals surface area (Å²) in [7, 11) is -3.31. The Kier molecular flexibility index (Phi) is 4.52. The van der Waals surface area contributed by atoms with Crippen molar-refractivity contribution in [3.63, 3.8) is 0 Å². The van der Waals surface area contributed by atoms with Gasteiger partial charge >= 0.3 is 0 Å². The zero-order valence-corrected chi connectivity index (χ0v) is 14.2. The number of hydrogen-bond donors (Lipinski definition) is 0. The predicted molar refractivity (Wildman–Crippen MR) is 91.1 cm³/mol. The Morgan fingerprint density at radius 1 is 1.05 bits per heavy atom. The normalized spacial score (nSPS) is 16.9. The van der Waals surface area contributed by atoms with Gasteiger partial charge in [0.2, 0.25) is 0 Å². The van der Waals surface area contributed by atoms with E-state index in [0.717, 1.165) is 19.5 Å². The fourth-order valence-electron chi connectivity index (χ4n) is 2.83. The fraction of sp³-hybridized carbons (Fsp3) is 0.375. The molecule has 3 rings (SSSR count). The van der Waals surface area contributed by atoms with Crippen molar-refractivity contribution in [2.75, 3.05) is 31.1 Å². The van der Waals surface area contributed by atoms with Crippen LogP contribution in [0.2, 0.25) is 0 Å². The molecule has 1 aliphatic heterocycles. The number of hydrogen-bond acceptors (Lipinski definition) is 4. The summed E-state index contributed by atoms with van der Waals surface area (Å²) in [6.07, 6.45) is 0.990. The second-order valence-electron chi connectivity index (χ2n) is 5.31. The maximum absolute atomic E-state index is 12.5. The van der Waals surface area contributed by atoms with Crippen LogP contribution in [0.3, 0.4) is 0 Å². The fourth-order valence-corrected chi connectivity index (χ4v) is 5.39. The summed E-state index contributed by atoms with van der Waals surface area (Å²) in [6.45, 7) is 4.70. The maximum atomic E-state index is 12.5. The summed E-state index contributed by atoms with van der Waals surface area (Å²) in [4.78, 5) is 2.29. The molecule has 118 valence electrons. The Morgan fingerprint density at radius 2 is 1.77 bits per heavy atom. The van der Waals surface area contributed by atoms with Crippen LogP contribution in [0, 0.1) is 0 Å². The molecular formula is C16H20N2O2S2. The van der Waals surface area contributed by atoms with Gasteiger partial charge in [-0.15, -0.1) is 11.3 Å². The molecule has 4 nitrogen and oxygen atoms in total. The number of nitrogens with zero attached hydrogens (tertiary/aromatic N) is 2. The molecule has 0 spiro atoms. The first-order valence-corrected chi connectivity index (χ1v) is 9.81. The van der Waals surface area contributed by atoms with Gasteiger partial charge in [0.25, 0.3) is 10.0 Å². The molecule has 0 N–H and O–H groups in total. The van der Waals surface area contributed by atoms with Gasteiger partial charge in [-0.3, -0.25) is 0 Å². The van der Waals surface area contributed by atoms with Crippen molar-refractivity contribution >= 4 is 27.0 Å². The monoisotopic (exact) mass is 336 g/mol. The summed E-state index contributed by atoms with van der Waals surface area (Å²) in [5.74, 6) is 0. The third kappa shape index (κ3) is 2.91. The van der Waals surface area contributed by atoms with Crippen molar-refractivity contribution in [2.24, 2.45) is 0 Å². The van der Waals surface area contributed by atoms with E-state index in [2.05, 4.69) is 30.0 Å². The minimum Gasteiger partial charge on any atom is -0.369 e. The minimum atomic E-state index is -3.31. The van der Waals surface area contributed by atoms with Crippen molar-refractivity contribution < 1.29 is 8.42 Å². The maximum Gasteiger partial charge on any atom is 0.252 e. The van der Waals surface area contributed by atoms with Crippen LogP contribution in [0.5, 0.6) is 0 Å². The predicted octanol–water partition coefficient (Wildman–Crippen LogP) is 2.82. The van der Waals surface area contributed by atoms with Gasteiger partial charge in [0.15, 0.2) is 0 Å². The Labute approximate surface area is 136 Å². The summed E-state index contributed by atoms with van der Waals surface area (Å²) >= 11 is 1.28. The van der Waals surface area contributed by atoms with E-state index in [-0.39, 0.29) is 0 Å². The van der Waals surface area contributed by atoms with Gasteiger partial charge in [0.05, 0.1) is 0 Å². The first-order valence-electron chi connectivity index (χ1n) is 7.49. The first-order chi connectivity index (χ1) is 10.6. The smallest absolute Gasteiger partial charge is 0.252 e. The van der Waals surface area contributed by atoms with Gasteiger partial charge in [-0.2, -0.15) is 4.31 Å². The molecule has 0 unspecified atom stereocenters. The van der Waals surface area contributed by atoms with Crippen molar-refractivity contribution in [1.29, 1.82) is 0 Å². The third-order valence-electron chi connectivity index (χ3n) is 4.04. The van der Waals surface area contributed by atoms with Gasteiger partial charge < -0.3 is 4.90 Å². The number of piperazine rings is 1. The molecule has 1 saturated heterocycles. The lowest BCUT2D eigenvalue weighted by Crippen LogP contribution is -2.48. The third-order valence-corrected chi connectivity index (χ3v) is 7.31. The zero-order chi connectivity index (χ0) is 15.6. The number of sulfonamides is 1. The Morgan fingerprint density at radius 3 is 2.41 bits per heavy atom. The van der Waals surface area contributed by atoms with E-state index >= 15 is 0 Å². The number of benzene rings is 1. The molecule has 22 heavy (non-hydrogen) atoms. The van der Waals surface area contributed by atoms with Gasteiger partial charge in [0, 0.05) is 31.9 Å². The molecule has 2 aromatic rings. The quantitative estimate of drug-likeness (QED) is 0.862. The van der Waals surface area contributed by atoms with E-state index in [1.807, 2.05) is 6.07 Å². The van der Waals surface area contributed by atoms with Crippen LogP contribution in [-0.4, -0.2) is 38.9 Å². The van der Waals surface area contributed by atoms with Crippen molar-refractivity contribution in [2.45, 2.75) is 17.6 Å². The average molecular weight is 336 g/mol. The Bertz CT molecular complexity index is 718. The Hall–Kier alpha value is -1.37. The minimum absolute atomic E-state index is 0.440. The van der Waals surface area contributed by atoms with Gasteiger partial charge in [-0.1, -0.05) is 31.2 Å². The molecular weight excluding hydrogens is 316 g/mol. The highest BCUT2D eigenvalue weighted by molar-refractivity contribution is 7.91. The summed E-state index contributed by atoms with van der Waals surface area (Å²) in [5, 5.41) is 1.81. The molecule has 0 saturated carbocycles. The molecule has 1 aliphatic rings. The Balaban J connectivity index is 1.73. The zero-order valence-electron chi connectivity index (χ0n) is 12.6. The van der Waals surface area contributed by atoms with Crippen LogP contribution in [-0.2, 0) is 16.4 Å². The molecule has 6 heteroatoms. The molecule has 0 radical (unpaired) electrons. The average Bonchev–Trinajstić information content (AvgIpc) is 3.10. The highest BCUT2D eigenvalue weighted by Crippen LogP contribution is 2.25. The number of aryl methyl sites for hydroxylation is 1. The largest absolute Gasteiger partial charge is 0.369 e. The summed E-state index contributed by atoms with van der Waals surface area (Å²) in [6, 6.07) is 11.8. The van der Waals surface area contributed by atoms with E-state index in [0.29, 0.717) is 17.3 Å². The number of para-hydroxylation sites is 1. The van der Waals surface area contributed by atoms with Crippen LogP contribution in [0.1, 0.15) is 12.5 Å². The first kappa shape index (κ1) is 15.5. The number of thiophene rings is 1. The van der Waals surface area contributed by atoms with E-state index in [4.69, 9.17) is 0 Å². The van der Waals surface area contributed by atoms with E-state index in [1.165, 1.54) is 22.6 Å². The SMILES string of the molecule is CCc1ccccc1N1CCN(S(=O)(=O)c2cccs2)CC1. The molecule has 1 aromatic carbocycles. The van der Waals surface area contributed by atoms with Crippen LogP contribution < -0.4 is 4.90 Å². The topological polar surface area (TPSA) is 40.6 Å². The molecule has 1 aromatic heterocycles. The van der Waals surface area contributed by atoms with E-state index < -0.39 is 10.0 Å². The summed E-state index contributed by atoms with van der Waals surface area (Å²) in [5.41, 5.74) is 2.55. The van der Waals surface area contributed by atoms with E-state index in [1.54, 1.807) is 21.8 Å². The molecule has 0 aliphatic carbocycles. The van der Waals surface area contributed by atoms with Crippen molar-refractivity contribution in [3.8, 4) is 0 Å². The van der Waals surface area contributed by atoms with Gasteiger partial charge in [-0.05, 0) is 29.5 Å². The lowest BCUT2D eigenvalue weighted by atomic mass is 10.1. The van der Waals surface area contributed by atoms with Crippen LogP contribution in [0.25, 0.3) is 0 Å². The molecule has 2 heterocycles. The van der Waals surface area contributed by atoms with Crippen LogP contribution in [0.15, 0.2) is 46.0 Å². The molecule has 1 fully saturated rings. The van der Waals surface area contributed by atoms with Gasteiger partial charge in [-0.25, -0.2) is 8.42 Å². The summed E-state index contributed by atoms with van der Waals surface area (Å²) < 4.78 is 27.1. The van der Waals surface area contributed by atoms with Crippen molar-refractivity contribution in [3.05, 3.63) is 47.3 Å². The van der Waals surface area contributed by atoms with Crippen molar-refractivity contribution in [1.82, 2.24) is 4.31 Å². The molecule has 0 bridgehead atoms. The number of anilines is 1. The second-order valence-corrected chi connectivity index (χ2v) is 8.42. The standard InChI is InChI=1S/C16H20N2O2S2/c1-2-14-6-3-4-7-15(14)17-9-11-18(12-10-17)22(19,20)16-8-5-13-21-16/h3-8,13H,2,9-12H2,1H3. The second kappa shape index (κ2) is 6.40. The highest BCUT2D eigenvalue weighted by Gasteiger charge is 2.29. The van der Waals surface area contributed by atoms with E-state index in [9.17, 15) is 8.42 Å². The lowest BCUT2D eigenvalue weighted by Gasteiger charge is -2.36. The van der Waals surface area contributed by atoms with Gasteiger partial charge in [0.1, 0.15) is 4.21 Å². The molecule has 0 atom stereocenters.